The Hall–Kier alpha value is -0.320. The number of ketones is 1. The molecule has 0 spiro atoms. The lowest BCUT2D eigenvalue weighted by Crippen LogP contribution is -2.22. The molecule has 0 amide bonds. The van der Waals surface area contributed by atoms with Gasteiger partial charge in [-0.1, -0.05) is 34.8 Å². The Morgan fingerprint density at radius 1 is 1.58 bits per heavy atom. The van der Waals surface area contributed by atoms with Crippen LogP contribution in [0.5, 0.6) is 0 Å². The zero-order chi connectivity index (χ0) is 9.35. The summed E-state index contributed by atoms with van der Waals surface area (Å²) in [5, 5.41) is 3.66. The maximum absolute atomic E-state index is 11.2. The standard InChI is InChI=1S/C5H4Cl3N3O/c1-11-4(9-2-10-11)3(12)5(6,7)8/h2H,1H3. The van der Waals surface area contributed by atoms with E-state index < -0.39 is 9.58 Å². The number of halogens is 3. The Kier molecular flexibility index (Phi) is 2.61. The van der Waals surface area contributed by atoms with Crippen molar-refractivity contribution in [2.45, 2.75) is 3.79 Å². The second kappa shape index (κ2) is 3.20. The number of Topliss-reactive ketones (excluding diaryl/α,β-unsaturated/α-hetero) is 1. The first-order chi connectivity index (χ1) is 5.43. The highest BCUT2D eigenvalue weighted by molar-refractivity contribution is 6.77. The lowest BCUT2D eigenvalue weighted by atomic mass is 10.4. The van der Waals surface area contributed by atoms with E-state index in [0.29, 0.717) is 0 Å². The molecule has 1 aromatic heterocycles. The van der Waals surface area contributed by atoms with Gasteiger partial charge < -0.3 is 0 Å². The zero-order valence-electron chi connectivity index (χ0n) is 5.96. The SMILES string of the molecule is Cn1ncnc1C(=O)C(Cl)(Cl)Cl. The van der Waals surface area contributed by atoms with Crippen molar-refractivity contribution in [2.24, 2.45) is 7.05 Å². The topological polar surface area (TPSA) is 47.8 Å². The van der Waals surface area contributed by atoms with Crippen LogP contribution < -0.4 is 0 Å². The minimum atomic E-state index is -1.97. The minimum Gasteiger partial charge on any atom is -0.286 e. The maximum atomic E-state index is 11.2. The van der Waals surface area contributed by atoms with Gasteiger partial charge in [0.15, 0.2) is 5.82 Å². The lowest BCUT2D eigenvalue weighted by molar-refractivity contribution is 0.0982. The number of hydrogen-bond acceptors (Lipinski definition) is 3. The third-order valence-electron chi connectivity index (χ3n) is 1.17. The number of carbonyl (C=O) groups is 1. The first kappa shape index (κ1) is 9.77. The second-order valence-corrected chi connectivity index (χ2v) is 4.32. The molecule has 0 bridgehead atoms. The van der Waals surface area contributed by atoms with Crippen molar-refractivity contribution in [3.05, 3.63) is 12.2 Å². The van der Waals surface area contributed by atoms with Crippen molar-refractivity contribution < 1.29 is 4.79 Å². The molecule has 0 N–H and O–H groups in total. The predicted octanol–water partition coefficient (Wildman–Crippen LogP) is 1.37. The van der Waals surface area contributed by atoms with Gasteiger partial charge >= 0.3 is 0 Å². The quantitative estimate of drug-likeness (QED) is 0.539. The average Bonchev–Trinajstić information content (AvgIpc) is 2.31. The van der Waals surface area contributed by atoms with Crippen LogP contribution in [0.2, 0.25) is 0 Å². The van der Waals surface area contributed by atoms with E-state index in [1.54, 1.807) is 0 Å². The first-order valence-corrected chi connectivity index (χ1v) is 4.02. The Labute approximate surface area is 83.4 Å². The molecule has 0 saturated heterocycles. The lowest BCUT2D eigenvalue weighted by Gasteiger charge is -2.07. The van der Waals surface area contributed by atoms with E-state index in [1.165, 1.54) is 18.1 Å². The molecular formula is C5H4Cl3N3O. The Balaban J connectivity index is 3.01. The molecule has 0 fully saturated rings. The van der Waals surface area contributed by atoms with E-state index in [0.717, 1.165) is 0 Å². The molecule has 0 saturated carbocycles. The summed E-state index contributed by atoms with van der Waals surface area (Å²) in [5.41, 5.74) is 0. The fourth-order valence-corrected chi connectivity index (χ4v) is 0.882. The fraction of sp³-hybridized carbons (Fsp3) is 0.400. The summed E-state index contributed by atoms with van der Waals surface area (Å²) in [6.07, 6.45) is 1.21. The molecule has 4 nitrogen and oxygen atoms in total. The predicted molar refractivity (Wildman–Crippen MR) is 45.6 cm³/mol. The Morgan fingerprint density at radius 2 is 2.17 bits per heavy atom. The van der Waals surface area contributed by atoms with Crippen LogP contribution in [0, 0.1) is 0 Å². The fourth-order valence-electron chi connectivity index (χ4n) is 0.629. The molecule has 0 aliphatic heterocycles. The molecule has 0 unspecified atom stereocenters. The van der Waals surface area contributed by atoms with Crippen LogP contribution in [-0.2, 0) is 7.05 Å². The van der Waals surface area contributed by atoms with Crippen LogP contribution in [0.4, 0.5) is 0 Å². The smallest absolute Gasteiger partial charge is 0.256 e. The van der Waals surface area contributed by atoms with Gasteiger partial charge in [-0.3, -0.25) is 4.79 Å². The summed E-state index contributed by atoms with van der Waals surface area (Å²) >= 11 is 16.0. The number of rotatable bonds is 1. The van der Waals surface area contributed by atoms with Crippen LogP contribution in [0.15, 0.2) is 6.33 Å². The summed E-state index contributed by atoms with van der Waals surface area (Å²) in [4.78, 5) is 14.9. The highest BCUT2D eigenvalue weighted by atomic mass is 35.6. The molecule has 0 aliphatic carbocycles. The molecule has 0 atom stereocenters. The molecule has 1 aromatic rings. The van der Waals surface area contributed by atoms with E-state index in [1.807, 2.05) is 0 Å². The van der Waals surface area contributed by atoms with Gasteiger partial charge in [0.1, 0.15) is 6.33 Å². The van der Waals surface area contributed by atoms with Gasteiger partial charge in [0.2, 0.25) is 0 Å². The van der Waals surface area contributed by atoms with E-state index in [2.05, 4.69) is 10.1 Å². The second-order valence-electron chi connectivity index (χ2n) is 2.03. The van der Waals surface area contributed by atoms with Gasteiger partial charge in [-0.2, -0.15) is 5.10 Å². The van der Waals surface area contributed by atoms with Crippen molar-refractivity contribution >= 4 is 40.6 Å². The molecular weight excluding hydrogens is 224 g/mol. The molecule has 0 aliphatic rings. The van der Waals surface area contributed by atoms with Gasteiger partial charge in [-0.05, 0) is 0 Å². The highest BCUT2D eigenvalue weighted by Gasteiger charge is 2.34. The number of carbonyl (C=O) groups excluding carboxylic acids is 1. The van der Waals surface area contributed by atoms with Crippen molar-refractivity contribution in [3.63, 3.8) is 0 Å². The third-order valence-corrected chi connectivity index (χ3v) is 1.69. The number of nitrogens with zero attached hydrogens (tertiary/aromatic N) is 3. The average molecular weight is 228 g/mol. The normalized spacial score (nSPS) is 11.7. The van der Waals surface area contributed by atoms with Gasteiger partial charge in [0.05, 0.1) is 0 Å². The Morgan fingerprint density at radius 3 is 2.50 bits per heavy atom. The number of aryl methyl sites for hydroxylation is 1. The van der Waals surface area contributed by atoms with Crippen LogP contribution in [-0.4, -0.2) is 24.3 Å². The number of aromatic nitrogens is 3. The van der Waals surface area contributed by atoms with Gasteiger partial charge in [-0.15, -0.1) is 0 Å². The van der Waals surface area contributed by atoms with Crippen molar-refractivity contribution in [1.82, 2.24) is 14.8 Å². The summed E-state index contributed by atoms with van der Waals surface area (Å²) in [6.45, 7) is 0. The molecule has 12 heavy (non-hydrogen) atoms. The van der Waals surface area contributed by atoms with Gasteiger partial charge in [-0.25, -0.2) is 9.67 Å². The molecule has 7 heteroatoms. The van der Waals surface area contributed by atoms with Crippen molar-refractivity contribution in [1.29, 1.82) is 0 Å². The highest BCUT2D eigenvalue weighted by Crippen LogP contribution is 2.29. The summed E-state index contributed by atoms with van der Waals surface area (Å²) in [5.74, 6) is -0.664. The largest absolute Gasteiger partial charge is 0.286 e. The van der Waals surface area contributed by atoms with Gasteiger partial charge in [0.25, 0.3) is 9.58 Å². The van der Waals surface area contributed by atoms with Crippen LogP contribution in [0.3, 0.4) is 0 Å². The van der Waals surface area contributed by atoms with Gasteiger partial charge in [0, 0.05) is 7.05 Å². The molecule has 0 radical (unpaired) electrons. The molecule has 0 aromatic carbocycles. The zero-order valence-corrected chi connectivity index (χ0v) is 8.23. The van der Waals surface area contributed by atoms with Crippen LogP contribution in [0.1, 0.15) is 10.6 Å². The van der Waals surface area contributed by atoms with Crippen LogP contribution in [0.25, 0.3) is 0 Å². The van der Waals surface area contributed by atoms with E-state index in [9.17, 15) is 4.79 Å². The van der Waals surface area contributed by atoms with Crippen molar-refractivity contribution in [3.8, 4) is 0 Å². The number of hydrogen-bond donors (Lipinski definition) is 0. The minimum absolute atomic E-state index is 0.0231. The number of alkyl halides is 3. The monoisotopic (exact) mass is 227 g/mol. The van der Waals surface area contributed by atoms with Crippen LogP contribution >= 0.6 is 34.8 Å². The Bertz CT molecular complexity index is 303. The van der Waals surface area contributed by atoms with E-state index in [-0.39, 0.29) is 5.82 Å². The molecule has 66 valence electrons. The molecule has 1 rings (SSSR count). The maximum Gasteiger partial charge on any atom is 0.256 e. The third kappa shape index (κ3) is 1.88. The summed E-state index contributed by atoms with van der Waals surface area (Å²) < 4.78 is -0.731. The summed E-state index contributed by atoms with van der Waals surface area (Å²) in [7, 11) is 1.54. The van der Waals surface area contributed by atoms with Crippen molar-refractivity contribution in [2.75, 3.05) is 0 Å². The molecule has 1 heterocycles. The van der Waals surface area contributed by atoms with E-state index in [4.69, 9.17) is 34.8 Å². The summed E-state index contributed by atoms with van der Waals surface area (Å²) in [6, 6.07) is 0. The first-order valence-electron chi connectivity index (χ1n) is 2.88. The van der Waals surface area contributed by atoms with E-state index >= 15 is 0 Å².